The maximum Gasteiger partial charge on any atom is 0.326 e. The molecule has 1 aliphatic rings. The normalized spacial score (nSPS) is 17.2. The fourth-order valence-electron chi connectivity index (χ4n) is 6.37. The number of likely N-dealkylation sites (tertiary alicyclic amines) is 1. The van der Waals surface area contributed by atoms with E-state index < -0.39 is 115 Å². The van der Waals surface area contributed by atoms with Crippen molar-refractivity contribution in [2.75, 3.05) is 13.2 Å². The molecular weight excluding hydrogens is 788 g/mol. The number of amides is 7. The number of phenolic OH excluding ortho intramolecular Hbond substituents is 2. The molecule has 0 bridgehead atoms. The molecule has 1 fully saturated rings. The molecule has 0 radical (unpaired) electrons. The van der Waals surface area contributed by atoms with Crippen molar-refractivity contribution < 1.29 is 63.9 Å². The van der Waals surface area contributed by atoms with E-state index in [4.69, 9.17) is 11.5 Å². The molecule has 21 heteroatoms. The molecule has 1 aliphatic heterocycles. The number of carbonyl (C=O) groups is 8. The van der Waals surface area contributed by atoms with Gasteiger partial charge < -0.3 is 68.5 Å². The number of aromatic hydroxyl groups is 2. The number of benzene rings is 2. The Balaban J connectivity index is 1.73. The van der Waals surface area contributed by atoms with Crippen LogP contribution in [-0.2, 0) is 51.2 Å². The Morgan fingerprint density at radius 3 is 1.73 bits per heavy atom. The van der Waals surface area contributed by atoms with Crippen LogP contribution in [0.3, 0.4) is 0 Å². The minimum Gasteiger partial charge on any atom is -0.508 e. The molecule has 3 rings (SSSR count). The molecule has 14 N–H and O–H groups in total. The first-order valence-electron chi connectivity index (χ1n) is 19.2. The summed E-state index contributed by atoms with van der Waals surface area (Å²) in [6.45, 7) is 3.45. The minimum atomic E-state index is -1.72. The summed E-state index contributed by atoms with van der Waals surface area (Å²) in [6, 6.07) is 1.49. The van der Waals surface area contributed by atoms with Crippen LogP contribution >= 0.6 is 0 Å². The van der Waals surface area contributed by atoms with Crippen molar-refractivity contribution in [3.8, 4) is 11.5 Å². The van der Waals surface area contributed by atoms with E-state index in [9.17, 15) is 63.9 Å². The van der Waals surface area contributed by atoms with Gasteiger partial charge in [0.1, 0.15) is 47.8 Å². The Bertz CT molecular complexity index is 1860. The summed E-state index contributed by atoms with van der Waals surface area (Å²) in [5.41, 5.74) is 12.3. The van der Waals surface area contributed by atoms with Gasteiger partial charge in [0.2, 0.25) is 41.4 Å². The molecule has 0 unspecified atom stereocenters. The van der Waals surface area contributed by atoms with Crippen LogP contribution in [0.2, 0.25) is 0 Å². The van der Waals surface area contributed by atoms with Crippen LogP contribution in [0.25, 0.3) is 0 Å². The topological polar surface area (TPSA) is 353 Å². The van der Waals surface area contributed by atoms with Crippen LogP contribution < -0.4 is 38.1 Å². The van der Waals surface area contributed by atoms with Gasteiger partial charge in [0, 0.05) is 13.0 Å². The van der Waals surface area contributed by atoms with Crippen molar-refractivity contribution >= 4 is 47.3 Å². The average Bonchev–Trinajstić information content (AvgIpc) is 3.68. The van der Waals surface area contributed by atoms with Crippen LogP contribution in [0.4, 0.5) is 0 Å². The summed E-state index contributed by atoms with van der Waals surface area (Å²) in [4.78, 5) is 105. The number of carboxylic acid groups (broad SMARTS) is 1. The van der Waals surface area contributed by atoms with Gasteiger partial charge >= 0.3 is 5.97 Å². The predicted molar refractivity (Wildman–Crippen MR) is 211 cm³/mol. The number of aliphatic hydroxyl groups is 2. The quantitative estimate of drug-likeness (QED) is 0.0584. The molecule has 0 spiro atoms. The highest BCUT2D eigenvalue weighted by Gasteiger charge is 2.41. The van der Waals surface area contributed by atoms with Gasteiger partial charge in [0.25, 0.3) is 0 Å². The zero-order chi connectivity index (χ0) is 44.8. The molecule has 8 atom stereocenters. The molecule has 60 heavy (non-hydrogen) atoms. The van der Waals surface area contributed by atoms with E-state index in [-0.39, 0.29) is 43.7 Å². The Labute approximate surface area is 345 Å². The van der Waals surface area contributed by atoms with Gasteiger partial charge in [-0.2, -0.15) is 0 Å². The lowest BCUT2D eigenvalue weighted by Gasteiger charge is -2.32. The zero-order valence-electron chi connectivity index (χ0n) is 33.4. The lowest BCUT2D eigenvalue weighted by molar-refractivity contribution is -0.145. The molecule has 1 saturated heterocycles. The first-order chi connectivity index (χ1) is 28.2. The number of carboxylic acids is 1. The average molecular weight is 843 g/mol. The van der Waals surface area contributed by atoms with Gasteiger partial charge in [-0.15, -0.1) is 0 Å². The van der Waals surface area contributed by atoms with Gasteiger partial charge in [-0.25, -0.2) is 4.79 Å². The minimum absolute atomic E-state index is 0.0185. The van der Waals surface area contributed by atoms with Crippen molar-refractivity contribution in [3.63, 3.8) is 0 Å². The van der Waals surface area contributed by atoms with Gasteiger partial charge in [0.15, 0.2) is 0 Å². The number of primary amides is 1. The molecule has 0 aliphatic carbocycles. The first-order valence-corrected chi connectivity index (χ1v) is 19.2. The van der Waals surface area contributed by atoms with Gasteiger partial charge in [-0.05, 0) is 67.5 Å². The van der Waals surface area contributed by atoms with E-state index in [0.29, 0.717) is 11.1 Å². The van der Waals surface area contributed by atoms with Crippen LogP contribution in [0.15, 0.2) is 48.5 Å². The fraction of sp³-hybridized carbons (Fsp3) is 0.487. The maximum absolute atomic E-state index is 13.9. The Hall–Kier alpha value is -6.32. The van der Waals surface area contributed by atoms with E-state index in [2.05, 4.69) is 26.6 Å². The van der Waals surface area contributed by atoms with E-state index in [1.807, 2.05) is 0 Å². The standard InChI is InChI=1S/C39H54N8O13/c1-19(2)31(45-33(53)25(40)15-21-6-10-23(50)11-7-21)37(57)44-28(18-48)35(55)46-32(20(3)49)38(58)47-14-4-5-29(47)36(56)42-26(16-22-8-12-24(51)13-9-22)34(54)43-27(39(59)60)17-30(41)52/h6-13,19-20,25-29,31-32,48-51H,4-5,14-18,40H2,1-3H3,(H2,41,52)(H,42,56)(H,43,54)(H,44,57)(H,45,53)(H,46,55)(H,59,60)/t20-,25+,26+,27+,28+,29+,31+,32+/m1/s1. The third kappa shape index (κ3) is 13.9. The summed E-state index contributed by atoms with van der Waals surface area (Å²) < 4.78 is 0. The third-order valence-electron chi connectivity index (χ3n) is 9.70. The largest absolute Gasteiger partial charge is 0.508 e. The van der Waals surface area contributed by atoms with Crippen LogP contribution in [-0.4, -0.2) is 139 Å². The van der Waals surface area contributed by atoms with Crippen molar-refractivity contribution in [1.29, 1.82) is 0 Å². The summed E-state index contributed by atoms with van der Waals surface area (Å²) >= 11 is 0. The number of rotatable bonds is 21. The highest BCUT2D eigenvalue weighted by atomic mass is 16.4. The van der Waals surface area contributed by atoms with Crippen molar-refractivity contribution in [1.82, 2.24) is 31.5 Å². The summed E-state index contributed by atoms with van der Waals surface area (Å²) in [7, 11) is 0. The predicted octanol–water partition coefficient (Wildman–Crippen LogP) is -3.39. The summed E-state index contributed by atoms with van der Waals surface area (Å²) in [5, 5.41) is 61.4. The molecule has 2 aromatic rings. The maximum atomic E-state index is 13.9. The van der Waals surface area contributed by atoms with Crippen molar-refractivity contribution in [2.24, 2.45) is 17.4 Å². The number of phenols is 2. The number of nitrogens with two attached hydrogens (primary N) is 2. The van der Waals surface area contributed by atoms with Crippen LogP contribution in [0.5, 0.6) is 11.5 Å². The molecule has 0 saturated carbocycles. The second-order valence-electron chi connectivity index (χ2n) is 14.9. The number of carbonyl (C=O) groups excluding carboxylic acids is 7. The highest BCUT2D eigenvalue weighted by Crippen LogP contribution is 2.21. The second-order valence-corrected chi connectivity index (χ2v) is 14.9. The van der Waals surface area contributed by atoms with Gasteiger partial charge in [0.05, 0.1) is 25.2 Å². The summed E-state index contributed by atoms with van der Waals surface area (Å²) in [5.74, 6) is -8.56. The monoisotopic (exact) mass is 842 g/mol. The van der Waals surface area contributed by atoms with Gasteiger partial charge in [-0.3, -0.25) is 33.6 Å². The second kappa shape index (κ2) is 22.2. The molecule has 328 valence electrons. The molecular formula is C39H54N8O13. The number of hydrogen-bond donors (Lipinski definition) is 12. The molecule has 2 aromatic carbocycles. The fourth-order valence-corrected chi connectivity index (χ4v) is 6.37. The molecule has 1 heterocycles. The highest BCUT2D eigenvalue weighted by molar-refractivity contribution is 5.98. The molecule has 21 nitrogen and oxygen atoms in total. The SMILES string of the molecule is CC(C)[C@H](NC(=O)[C@@H](N)Cc1ccc(O)cc1)C(=O)N[C@@H](CO)C(=O)N[C@H](C(=O)N1CCC[C@H]1C(=O)N[C@@H](Cc1ccc(O)cc1)C(=O)N[C@@H](CC(N)=O)C(=O)O)[C@@H](C)O. The smallest absolute Gasteiger partial charge is 0.326 e. The Morgan fingerprint density at radius 1 is 0.717 bits per heavy atom. The lowest BCUT2D eigenvalue weighted by Crippen LogP contribution is -2.62. The van der Waals surface area contributed by atoms with Crippen LogP contribution in [0, 0.1) is 5.92 Å². The van der Waals surface area contributed by atoms with E-state index in [1.165, 1.54) is 43.3 Å². The number of nitrogens with zero attached hydrogens (tertiary/aromatic N) is 1. The van der Waals surface area contributed by atoms with Crippen molar-refractivity contribution in [3.05, 3.63) is 59.7 Å². The van der Waals surface area contributed by atoms with Crippen LogP contribution in [0.1, 0.15) is 51.2 Å². The number of hydrogen-bond acceptors (Lipinski definition) is 13. The Kier molecular flexibility index (Phi) is 17.7. The number of nitrogens with one attached hydrogen (secondary N) is 5. The first kappa shape index (κ1) is 48.1. The number of aliphatic hydroxyl groups excluding tert-OH is 2. The zero-order valence-corrected chi connectivity index (χ0v) is 33.4. The van der Waals surface area contributed by atoms with Crippen molar-refractivity contribution in [2.45, 2.75) is 101 Å². The third-order valence-corrected chi connectivity index (χ3v) is 9.70. The Morgan fingerprint density at radius 2 is 1.23 bits per heavy atom. The van der Waals surface area contributed by atoms with E-state index >= 15 is 0 Å². The molecule has 7 amide bonds. The van der Waals surface area contributed by atoms with Gasteiger partial charge in [-0.1, -0.05) is 38.1 Å². The number of aliphatic carboxylic acids is 1. The lowest BCUT2D eigenvalue weighted by atomic mass is 10.0. The van der Waals surface area contributed by atoms with E-state index in [1.54, 1.807) is 26.0 Å². The molecule has 0 aromatic heterocycles. The van der Waals surface area contributed by atoms with E-state index in [0.717, 1.165) is 4.90 Å². The summed E-state index contributed by atoms with van der Waals surface area (Å²) in [6.07, 6.45) is -2.07.